The summed E-state index contributed by atoms with van der Waals surface area (Å²) in [5.74, 6) is 3.74. The smallest absolute Gasteiger partial charge is 0.0380 e. The summed E-state index contributed by atoms with van der Waals surface area (Å²) >= 11 is 0. The molecule has 0 N–H and O–H groups in total. The van der Waals surface area contributed by atoms with Crippen LogP contribution in [0.15, 0.2) is 0 Å². The Kier molecular flexibility index (Phi) is 7.56. The maximum Gasteiger partial charge on any atom is -0.0380 e. The average molecular weight is 253 g/mol. The van der Waals surface area contributed by atoms with E-state index in [0.29, 0.717) is 11.3 Å². The van der Waals surface area contributed by atoms with Gasteiger partial charge in [-0.1, -0.05) is 61.8 Å². The maximum atomic E-state index is 4.41. The minimum atomic E-state index is 0.465. The Morgan fingerprint density at radius 1 is 0.833 bits per heavy atom. The van der Waals surface area contributed by atoms with E-state index in [4.69, 9.17) is 0 Å². The van der Waals surface area contributed by atoms with Gasteiger partial charge in [-0.2, -0.15) is 0 Å². The molecule has 18 heavy (non-hydrogen) atoms. The first kappa shape index (κ1) is 18.0. The summed E-state index contributed by atoms with van der Waals surface area (Å²) in [6, 6.07) is 0. The van der Waals surface area contributed by atoms with E-state index in [9.17, 15) is 0 Å². The van der Waals surface area contributed by atoms with Gasteiger partial charge in [-0.25, -0.2) is 0 Å². The minimum absolute atomic E-state index is 0.465. The van der Waals surface area contributed by atoms with Crippen molar-refractivity contribution in [2.75, 3.05) is 0 Å². The van der Waals surface area contributed by atoms with E-state index in [0.717, 1.165) is 23.7 Å². The lowest BCUT2D eigenvalue weighted by Crippen LogP contribution is -2.22. The van der Waals surface area contributed by atoms with Gasteiger partial charge in [0.1, 0.15) is 0 Å². The highest BCUT2D eigenvalue weighted by atomic mass is 14.3. The number of rotatable bonds is 7. The molecule has 0 heteroatoms. The average Bonchev–Trinajstić information content (AvgIpc) is 2.21. The molecule has 0 aliphatic heterocycles. The van der Waals surface area contributed by atoms with Crippen LogP contribution in [0.4, 0.5) is 0 Å². The van der Waals surface area contributed by atoms with Crippen LogP contribution in [0, 0.1) is 41.9 Å². The molecule has 0 saturated heterocycles. The van der Waals surface area contributed by atoms with Crippen molar-refractivity contribution < 1.29 is 0 Å². The molecular formula is C18H37. The van der Waals surface area contributed by atoms with E-state index in [1.807, 2.05) is 0 Å². The van der Waals surface area contributed by atoms with Crippen LogP contribution in [0.1, 0.15) is 74.7 Å². The van der Waals surface area contributed by atoms with Crippen molar-refractivity contribution in [2.24, 2.45) is 35.0 Å². The molecule has 0 aliphatic carbocycles. The number of hydrogen-bond donors (Lipinski definition) is 0. The Hall–Kier alpha value is 0. The van der Waals surface area contributed by atoms with E-state index in [2.05, 4.69) is 62.3 Å². The fourth-order valence-corrected chi connectivity index (χ4v) is 2.95. The van der Waals surface area contributed by atoms with Gasteiger partial charge in [0, 0.05) is 0 Å². The summed E-state index contributed by atoms with van der Waals surface area (Å²) in [7, 11) is 0. The van der Waals surface area contributed by atoms with Gasteiger partial charge in [0.2, 0.25) is 0 Å². The van der Waals surface area contributed by atoms with Crippen LogP contribution >= 0.6 is 0 Å². The fraction of sp³-hybridized carbons (Fsp3) is 0.944. The van der Waals surface area contributed by atoms with Crippen molar-refractivity contribution in [1.29, 1.82) is 0 Å². The molecule has 4 unspecified atom stereocenters. The molecule has 0 rings (SSSR count). The van der Waals surface area contributed by atoms with E-state index in [1.54, 1.807) is 0 Å². The molecule has 0 spiro atoms. The molecule has 1 radical (unpaired) electrons. The van der Waals surface area contributed by atoms with Crippen LogP contribution < -0.4 is 0 Å². The molecule has 0 amide bonds. The van der Waals surface area contributed by atoms with Crippen molar-refractivity contribution in [1.82, 2.24) is 0 Å². The summed E-state index contributed by atoms with van der Waals surface area (Å²) in [6.45, 7) is 23.3. The lowest BCUT2D eigenvalue weighted by Gasteiger charge is -2.30. The first-order valence-corrected chi connectivity index (χ1v) is 7.87. The molecular weight excluding hydrogens is 216 g/mol. The monoisotopic (exact) mass is 253 g/mol. The predicted molar refractivity (Wildman–Crippen MR) is 84.5 cm³/mol. The topological polar surface area (TPSA) is 0 Å². The normalized spacial score (nSPS) is 19.7. The molecule has 0 nitrogen and oxygen atoms in total. The Labute approximate surface area is 117 Å². The van der Waals surface area contributed by atoms with Gasteiger partial charge in [0.05, 0.1) is 0 Å². The first-order chi connectivity index (χ1) is 8.04. The van der Waals surface area contributed by atoms with Crippen LogP contribution in [0.5, 0.6) is 0 Å². The molecule has 0 aromatic heterocycles. The van der Waals surface area contributed by atoms with Crippen LogP contribution in [0.2, 0.25) is 0 Å². The van der Waals surface area contributed by atoms with Gasteiger partial charge in [0.15, 0.2) is 0 Å². The Morgan fingerprint density at radius 2 is 1.33 bits per heavy atom. The van der Waals surface area contributed by atoms with E-state index in [-0.39, 0.29) is 0 Å². The van der Waals surface area contributed by atoms with Gasteiger partial charge >= 0.3 is 0 Å². The zero-order valence-electron chi connectivity index (χ0n) is 14.2. The fourth-order valence-electron chi connectivity index (χ4n) is 2.95. The third-order valence-electron chi connectivity index (χ3n) is 4.62. The van der Waals surface area contributed by atoms with Gasteiger partial charge in [-0.3, -0.25) is 0 Å². The molecule has 0 bridgehead atoms. The Balaban J connectivity index is 4.06. The molecule has 0 aromatic carbocycles. The molecule has 109 valence electrons. The SMILES string of the molecule is [CH2]C(CCC(C)CC(C)(C)C)C(C)C(C)C(C)C. The molecule has 0 saturated carbocycles. The van der Waals surface area contributed by atoms with E-state index in [1.165, 1.54) is 19.3 Å². The van der Waals surface area contributed by atoms with Gasteiger partial charge in [0.25, 0.3) is 0 Å². The molecule has 0 aromatic rings. The molecule has 0 heterocycles. The number of hydrogen-bond acceptors (Lipinski definition) is 0. The molecule has 4 atom stereocenters. The lowest BCUT2D eigenvalue weighted by atomic mass is 9.75. The minimum Gasteiger partial charge on any atom is -0.0625 e. The van der Waals surface area contributed by atoms with Crippen molar-refractivity contribution in [3.63, 3.8) is 0 Å². The first-order valence-electron chi connectivity index (χ1n) is 7.87. The third-order valence-corrected chi connectivity index (χ3v) is 4.62. The van der Waals surface area contributed by atoms with Crippen LogP contribution in [-0.4, -0.2) is 0 Å². The summed E-state index contributed by atoms with van der Waals surface area (Å²) in [5, 5.41) is 0. The Morgan fingerprint density at radius 3 is 1.72 bits per heavy atom. The summed E-state index contributed by atoms with van der Waals surface area (Å²) < 4.78 is 0. The standard InChI is InChI=1S/C18H37/c1-13(2)16(5)17(6)15(4)11-10-14(3)12-18(7,8)9/h13-17H,4,10-12H2,1-3,5-9H3. The van der Waals surface area contributed by atoms with Gasteiger partial charge in [-0.05, 0) is 54.8 Å². The summed E-state index contributed by atoms with van der Waals surface area (Å²) in [5.41, 5.74) is 0.465. The van der Waals surface area contributed by atoms with Crippen molar-refractivity contribution in [3.05, 3.63) is 6.92 Å². The van der Waals surface area contributed by atoms with Crippen molar-refractivity contribution >= 4 is 0 Å². The van der Waals surface area contributed by atoms with Crippen molar-refractivity contribution in [3.8, 4) is 0 Å². The van der Waals surface area contributed by atoms with Crippen LogP contribution in [-0.2, 0) is 0 Å². The van der Waals surface area contributed by atoms with E-state index >= 15 is 0 Å². The zero-order chi connectivity index (χ0) is 14.5. The second kappa shape index (κ2) is 7.56. The zero-order valence-corrected chi connectivity index (χ0v) is 14.2. The highest BCUT2D eigenvalue weighted by Gasteiger charge is 2.22. The summed E-state index contributed by atoms with van der Waals surface area (Å²) in [6.07, 6.45) is 3.95. The highest BCUT2D eigenvalue weighted by Crippen LogP contribution is 2.32. The third kappa shape index (κ3) is 7.44. The van der Waals surface area contributed by atoms with Crippen LogP contribution in [0.25, 0.3) is 0 Å². The quantitative estimate of drug-likeness (QED) is 0.505. The van der Waals surface area contributed by atoms with E-state index < -0.39 is 0 Å². The van der Waals surface area contributed by atoms with Gasteiger partial charge in [-0.15, -0.1) is 0 Å². The predicted octanol–water partition coefficient (Wildman–Crippen LogP) is 6.22. The second-order valence-electron chi connectivity index (χ2n) is 8.17. The highest BCUT2D eigenvalue weighted by molar-refractivity contribution is 4.76. The maximum absolute atomic E-state index is 4.41. The molecule has 0 aliphatic rings. The van der Waals surface area contributed by atoms with Crippen LogP contribution in [0.3, 0.4) is 0 Å². The molecule has 0 fully saturated rings. The van der Waals surface area contributed by atoms with Crippen molar-refractivity contribution in [2.45, 2.75) is 74.7 Å². The summed E-state index contributed by atoms with van der Waals surface area (Å²) in [4.78, 5) is 0. The largest absolute Gasteiger partial charge is 0.0625 e. The second-order valence-corrected chi connectivity index (χ2v) is 8.17. The Bertz CT molecular complexity index is 209. The van der Waals surface area contributed by atoms with Gasteiger partial charge < -0.3 is 0 Å². The lowest BCUT2D eigenvalue weighted by molar-refractivity contribution is 0.214.